The molecule has 4 nitrogen and oxygen atoms in total. The molecular weight excluding hydrogens is 385 g/mol. The Bertz CT molecular complexity index is 973. The molecule has 0 aliphatic carbocycles. The standard InChI is InChI=1S/C21H15Cl2NO3/c22-15-9-10-16(17(23)12-15)20(25)19(18-8-4-5-11-24-18)21(26)27-13-14-6-2-1-3-7-14/h1-12,25H,13H2. The Labute approximate surface area is 166 Å². The average Bonchev–Trinajstić information content (AvgIpc) is 2.68. The monoisotopic (exact) mass is 399 g/mol. The maximum absolute atomic E-state index is 12.8. The molecular formula is C21H15Cl2NO3. The summed E-state index contributed by atoms with van der Waals surface area (Å²) in [5.74, 6) is -1.03. The number of carbonyl (C=O) groups is 1. The molecule has 0 saturated heterocycles. The van der Waals surface area contributed by atoms with E-state index in [2.05, 4.69) is 4.98 Å². The summed E-state index contributed by atoms with van der Waals surface area (Å²) in [6.45, 7) is 0.0671. The van der Waals surface area contributed by atoms with E-state index in [4.69, 9.17) is 27.9 Å². The molecule has 0 fully saturated rings. The lowest BCUT2D eigenvalue weighted by Gasteiger charge is -2.12. The molecule has 0 spiro atoms. The van der Waals surface area contributed by atoms with E-state index in [1.165, 1.54) is 18.3 Å². The number of esters is 1. The Morgan fingerprint density at radius 1 is 1.00 bits per heavy atom. The van der Waals surface area contributed by atoms with Crippen LogP contribution >= 0.6 is 23.2 Å². The quantitative estimate of drug-likeness (QED) is 0.346. The van der Waals surface area contributed by atoms with Gasteiger partial charge in [-0.15, -0.1) is 0 Å². The number of ether oxygens (including phenoxy) is 1. The molecule has 136 valence electrons. The number of aromatic nitrogens is 1. The number of rotatable bonds is 5. The van der Waals surface area contributed by atoms with Gasteiger partial charge in [-0.3, -0.25) is 4.98 Å². The summed E-state index contributed by atoms with van der Waals surface area (Å²) in [6.07, 6.45) is 1.52. The zero-order chi connectivity index (χ0) is 19.2. The maximum Gasteiger partial charge on any atom is 0.344 e. The van der Waals surface area contributed by atoms with Crippen LogP contribution in [0.1, 0.15) is 16.8 Å². The van der Waals surface area contributed by atoms with Gasteiger partial charge < -0.3 is 9.84 Å². The van der Waals surface area contributed by atoms with E-state index in [1.54, 1.807) is 24.3 Å². The lowest BCUT2D eigenvalue weighted by Crippen LogP contribution is -2.11. The van der Waals surface area contributed by atoms with Crippen LogP contribution in [0.5, 0.6) is 0 Å². The summed E-state index contributed by atoms with van der Waals surface area (Å²) in [7, 11) is 0. The van der Waals surface area contributed by atoms with Gasteiger partial charge in [0.1, 0.15) is 17.9 Å². The third-order valence-corrected chi connectivity index (χ3v) is 4.31. The number of pyridine rings is 1. The smallest absolute Gasteiger partial charge is 0.344 e. The fourth-order valence-corrected chi connectivity index (χ4v) is 2.94. The molecule has 0 radical (unpaired) electrons. The molecule has 3 rings (SSSR count). The third kappa shape index (κ3) is 4.67. The van der Waals surface area contributed by atoms with Crippen LogP contribution in [0.25, 0.3) is 11.3 Å². The fourth-order valence-electron chi connectivity index (χ4n) is 2.44. The summed E-state index contributed by atoms with van der Waals surface area (Å²) < 4.78 is 5.38. The molecule has 6 heteroatoms. The molecule has 0 aliphatic rings. The number of aliphatic hydroxyl groups excluding tert-OH is 1. The summed E-state index contributed by atoms with van der Waals surface area (Å²) in [5.41, 5.74) is 1.29. The third-order valence-electron chi connectivity index (χ3n) is 3.76. The number of halogens is 2. The number of nitrogens with zero attached hydrogens (tertiary/aromatic N) is 1. The molecule has 27 heavy (non-hydrogen) atoms. The highest BCUT2D eigenvalue weighted by atomic mass is 35.5. The maximum atomic E-state index is 12.8. The van der Waals surface area contributed by atoms with E-state index in [9.17, 15) is 9.90 Å². The van der Waals surface area contributed by atoms with Crippen LogP contribution in [0, 0.1) is 0 Å². The Hall–Kier alpha value is -2.82. The van der Waals surface area contributed by atoms with Crippen molar-refractivity contribution in [2.24, 2.45) is 0 Å². The Morgan fingerprint density at radius 2 is 1.74 bits per heavy atom. The summed E-state index contributed by atoms with van der Waals surface area (Å²) in [4.78, 5) is 16.9. The van der Waals surface area contributed by atoms with E-state index in [0.717, 1.165) is 5.56 Å². The van der Waals surface area contributed by atoms with Gasteiger partial charge in [0.05, 0.1) is 10.7 Å². The van der Waals surface area contributed by atoms with Crippen molar-refractivity contribution in [1.29, 1.82) is 0 Å². The van der Waals surface area contributed by atoms with Crippen molar-refractivity contribution < 1.29 is 14.6 Å². The Balaban J connectivity index is 1.99. The van der Waals surface area contributed by atoms with E-state index < -0.39 is 5.97 Å². The van der Waals surface area contributed by atoms with Crippen LogP contribution in [-0.4, -0.2) is 16.1 Å². The lowest BCUT2D eigenvalue weighted by atomic mass is 10.0. The normalized spacial score (nSPS) is 11.6. The van der Waals surface area contributed by atoms with Crippen LogP contribution in [0.15, 0.2) is 72.9 Å². The summed E-state index contributed by atoms with van der Waals surface area (Å²) in [5, 5.41) is 11.4. The molecule has 1 aromatic heterocycles. The first kappa shape index (κ1) is 19.0. The topological polar surface area (TPSA) is 59.4 Å². The van der Waals surface area contributed by atoms with Crippen LogP contribution in [-0.2, 0) is 16.1 Å². The number of aliphatic hydroxyl groups is 1. The highest BCUT2D eigenvalue weighted by Gasteiger charge is 2.23. The zero-order valence-electron chi connectivity index (χ0n) is 14.1. The van der Waals surface area contributed by atoms with Gasteiger partial charge in [-0.1, -0.05) is 59.6 Å². The van der Waals surface area contributed by atoms with Crippen LogP contribution in [0.4, 0.5) is 0 Å². The largest absolute Gasteiger partial charge is 0.506 e. The lowest BCUT2D eigenvalue weighted by molar-refractivity contribution is -0.137. The highest BCUT2D eigenvalue weighted by Crippen LogP contribution is 2.31. The number of hydrogen-bond donors (Lipinski definition) is 1. The minimum absolute atomic E-state index is 0.0671. The number of hydrogen-bond acceptors (Lipinski definition) is 4. The van der Waals surface area contributed by atoms with Gasteiger partial charge in [-0.25, -0.2) is 4.79 Å². The molecule has 0 unspecified atom stereocenters. The first-order valence-corrected chi connectivity index (χ1v) is 8.83. The predicted octanol–water partition coefficient (Wildman–Crippen LogP) is 5.56. The zero-order valence-corrected chi connectivity index (χ0v) is 15.6. The number of carbonyl (C=O) groups excluding carboxylic acids is 1. The van der Waals surface area contributed by atoms with Crippen molar-refractivity contribution in [2.45, 2.75) is 6.61 Å². The molecule has 3 aromatic rings. The molecule has 0 aliphatic heterocycles. The molecule has 1 heterocycles. The second-order valence-corrected chi connectivity index (χ2v) is 6.47. The van der Waals surface area contributed by atoms with Crippen LogP contribution in [0.2, 0.25) is 10.0 Å². The first-order chi connectivity index (χ1) is 13.1. The van der Waals surface area contributed by atoms with Gasteiger partial charge >= 0.3 is 5.97 Å². The van der Waals surface area contributed by atoms with Crippen molar-refractivity contribution in [3.05, 3.63) is 99.8 Å². The van der Waals surface area contributed by atoms with Crippen molar-refractivity contribution >= 4 is 40.5 Å². The minimum atomic E-state index is -0.707. The van der Waals surface area contributed by atoms with Gasteiger partial charge in [-0.2, -0.15) is 0 Å². The molecule has 1 N–H and O–H groups in total. The van der Waals surface area contributed by atoms with E-state index in [-0.39, 0.29) is 34.2 Å². The van der Waals surface area contributed by atoms with Crippen molar-refractivity contribution in [1.82, 2.24) is 4.98 Å². The minimum Gasteiger partial charge on any atom is -0.506 e. The van der Waals surface area contributed by atoms with Crippen LogP contribution < -0.4 is 0 Å². The average molecular weight is 400 g/mol. The van der Waals surface area contributed by atoms with Gasteiger partial charge in [0.15, 0.2) is 0 Å². The summed E-state index contributed by atoms with van der Waals surface area (Å²) >= 11 is 12.1. The summed E-state index contributed by atoms with van der Waals surface area (Å²) in [6, 6.07) is 18.9. The second-order valence-electron chi connectivity index (χ2n) is 5.62. The number of benzene rings is 2. The SMILES string of the molecule is O=C(OCc1ccccc1)C(=C(O)c1ccc(Cl)cc1Cl)c1ccccn1. The Kier molecular flexibility index (Phi) is 6.12. The fraction of sp³-hybridized carbons (Fsp3) is 0.0476. The highest BCUT2D eigenvalue weighted by molar-refractivity contribution is 6.36. The molecule has 0 bridgehead atoms. The van der Waals surface area contributed by atoms with Gasteiger partial charge in [0.2, 0.25) is 0 Å². The molecule has 0 saturated carbocycles. The Morgan fingerprint density at radius 3 is 2.41 bits per heavy atom. The van der Waals surface area contributed by atoms with Gasteiger partial charge in [-0.05, 0) is 35.9 Å². The van der Waals surface area contributed by atoms with E-state index >= 15 is 0 Å². The van der Waals surface area contributed by atoms with Gasteiger partial charge in [0, 0.05) is 16.8 Å². The van der Waals surface area contributed by atoms with Crippen molar-refractivity contribution in [2.75, 3.05) is 0 Å². The van der Waals surface area contributed by atoms with Crippen LogP contribution in [0.3, 0.4) is 0 Å². The molecule has 2 aromatic carbocycles. The van der Waals surface area contributed by atoms with E-state index in [0.29, 0.717) is 5.02 Å². The molecule has 0 amide bonds. The molecule has 0 atom stereocenters. The van der Waals surface area contributed by atoms with E-state index in [1.807, 2.05) is 30.3 Å². The first-order valence-electron chi connectivity index (χ1n) is 8.07. The van der Waals surface area contributed by atoms with Crippen molar-refractivity contribution in [3.63, 3.8) is 0 Å². The predicted molar refractivity (Wildman–Crippen MR) is 106 cm³/mol. The second kappa shape index (κ2) is 8.71. The van der Waals surface area contributed by atoms with Gasteiger partial charge in [0.25, 0.3) is 0 Å². The van der Waals surface area contributed by atoms with Crippen molar-refractivity contribution in [3.8, 4) is 0 Å².